The first kappa shape index (κ1) is 74.7. The molecule has 594 valence electrons. The Morgan fingerprint density at radius 1 is 0.202 bits per heavy atom. The van der Waals surface area contributed by atoms with E-state index in [0.29, 0.717) is 79.7 Å². The Labute approximate surface area is 711 Å². The van der Waals surface area contributed by atoms with Gasteiger partial charge >= 0.3 is 0 Å². The number of fused-ring (bicyclic) bond motifs is 12. The van der Waals surface area contributed by atoms with Crippen LogP contribution in [-0.4, -0.2) is 48.2 Å². The summed E-state index contributed by atoms with van der Waals surface area (Å²) in [5.41, 5.74) is 18.2. The van der Waals surface area contributed by atoms with Crippen molar-refractivity contribution in [1.82, 2.24) is 48.2 Å². The summed E-state index contributed by atoms with van der Waals surface area (Å²) in [6.07, 6.45) is 0. The molecule has 0 bridgehead atoms. The summed E-state index contributed by atoms with van der Waals surface area (Å²) in [5, 5.41) is 7.92. The molecule has 0 unspecified atom stereocenters. The van der Waals surface area contributed by atoms with Crippen LogP contribution in [-0.2, 0) is 10.8 Å². The summed E-state index contributed by atoms with van der Waals surface area (Å²) in [6.45, 7) is 13.3. The van der Waals surface area contributed by atoms with Crippen molar-refractivity contribution < 1.29 is 17.6 Å². The number of hydrogen-bond acceptors (Lipinski definition) is 6. The predicted octanol–water partition coefficient (Wildman–Crippen LogP) is 28.6. The summed E-state index contributed by atoms with van der Waals surface area (Å²) >= 11 is 0. The van der Waals surface area contributed by atoms with Crippen LogP contribution in [0.15, 0.2) is 352 Å². The number of benzene rings is 16. The third-order valence-corrected chi connectivity index (χ3v) is 24.3. The van der Waals surface area contributed by atoms with Crippen molar-refractivity contribution in [2.75, 3.05) is 0 Å². The van der Waals surface area contributed by atoms with Gasteiger partial charge in [0.25, 0.3) is 0 Å². The van der Waals surface area contributed by atoms with Crippen LogP contribution in [0.4, 0.5) is 17.6 Å². The Bertz CT molecular complexity index is 7880. The monoisotopic (exact) mass is 1610 g/mol. The molecule has 0 aliphatic carbocycles. The van der Waals surface area contributed by atoms with E-state index in [-0.39, 0.29) is 22.0 Å². The number of rotatable bonds is 13. The molecule has 0 spiro atoms. The standard InChI is InChI=1S/C110H76F4N10/c1-109(2,3)71-47-55-94-86(59-71)87-60-72(110(4,5)6)48-56-95(87)123(94)100-64-85(82-39-26-41-90(112)102(82)114)84(63-88(100)108-119-105(67-31-15-9-16-32-67)116-106(120-108)68-33-17-10-18-34-68)70-45-51-79-78-37-21-24-44-93(78)122(96(79)58-70)74-50-54-81-80-53-49-73(121-91-42-22-19-35-76(91)77-36-20-23-43-92(77)121)61-98(80)124(99(81)62-74)97-57-69(75-38-25-40-89(111)101(75)113)46-52-83(97)107-117-103(65-27-11-7-12-28-65)115-104(118-107)66-29-13-8-14-30-66/h7-64H,1-6H3. The van der Waals surface area contributed by atoms with Gasteiger partial charge in [-0.15, -0.1) is 0 Å². The van der Waals surface area contributed by atoms with E-state index in [1.165, 1.54) is 6.07 Å². The highest BCUT2D eigenvalue weighted by molar-refractivity contribution is 6.16. The maximum Gasteiger partial charge on any atom is 0.166 e. The van der Waals surface area contributed by atoms with Gasteiger partial charge in [0.1, 0.15) is 0 Å². The van der Waals surface area contributed by atoms with Crippen molar-refractivity contribution in [1.29, 1.82) is 0 Å². The van der Waals surface area contributed by atoms with Crippen LogP contribution in [0.3, 0.4) is 0 Å². The zero-order valence-electron chi connectivity index (χ0n) is 68.5. The summed E-state index contributed by atoms with van der Waals surface area (Å²) < 4.78 is 76.2. The molecule has 0 fully saturated rings. The lowest BCUT2D eigenvalue weighted by molar-refractivity contribution is 0.511. The molecule has 0 N–H and O–H groups in total. The number of nitrogens with zero attached hydrogens (tertiary/aromatic N) is 10. The Morgan fingerprint density at radius 3 is 1.01 bits per heavy atom. The van der Waals surface area contributed by atoms with Gasteiger partial charge in [-0.1, -0.05) is 284 Å². The normalized spacial score (nSPS) is 12.1. The summed E-state index contributed by atoms with van der Waals surface area (Å²) in [6, 6.07) is 116. The van der Waals surface area contributed by atoms with Gasteiger partial charge in [-0.3, -0.25) is 0 Å². The molecular weight excluding hydrogens is 1540 g/mol. The molecule has 0 saturated heterocycles. The Morgan fingerprint density at radius 2 is 0.548 bits per heavy atom. The Kier molecular flexibility index (Phi) is 17.6. The average molecular weight is 1610 g/mol. The van der Waals surface area contributed by atoms with Gasteiger partial charge in [0, 0.05) is 99.0 Å². The van der Waals surface area contributed by atoms with Crippen molar-refractivity contribution in [3.63, 3.8) is 0 Å². The highest BCUT2D eigenvalue weighted by Crippen LogP contribution is 2.49. The molecule has 14 heteroatoms. The largest absolute Gasteiger partial charge is 0.309 e. The number of para-hydroxylation sites is 3. The molecule has 124 heavy (non-hydrogen) atoms. The second-order valence-corrected chi connectivity index (χ2v) is 33.9. The molecule has 6 aromatic heterocycles. The minimum atomic E-state index is -1.01. The van der Waals surface area contributed by atoms with Crippen LogP contribution >= 0.6 is 0 Å². The number of halogens is 4. The quantitative estimate of drug-likeness (QED) is 0.107. The van der Waals surface area contributed by atoms with E-state index in [9.17, 15) is 0 Å². The van der Waals surface area contributed by atoms with Crippen molar-refractivity contribution in [2.24, 2.45) is 0 Å². The Balaban J connectivity index is 0.835. The minimum Gasteiger partial charge on any atom is -0.309 e. The third kappa shape index (κ3) is 12.5. The Hall–Kier alpha value is -15.5. The van der Waals surface area contributed by atoms with Crippen LogP contribution in [0, 0.1) is 23.3 Å². The van der Waals surface area contributed by atoms with Gasteiger partial charge in [-0.25, -0.2) is 47.5 Å². The third-order valence-electron chi connectivity index (χ3n) is 24.3. The highest BCUT2D eigenvalue weighted by atomic mass is 19.2. The topological polar surface area (TPSA) is 97.1 Å². The molecule has 0 aliphatic rings. The van der Waals surface area contributed by atoms with E-state index in [0.717, 1.165) is 144 Å². The van der Waals surface area contributed by atoms with E-state index in [2.05, 4.69) is 218 Å². The molecular formula is C110H76F4N10. The van der Waals surface area contributed by atoms with Crippen LogP contribution in [0.1, 0.15) is 52.7 Å². The maximum atomic E-state index is 17.8. The first-order valence-electron chi connectivity index (χ1n) is 41.6. The molecule has 0 atom stereocenters. The summed E-state index contributed by atoms with van der Waals surface area (Å²) in [4.78, 5) is 32.1. The fourth-order valence-corrected chi connectivity index (χ4v) is 18.1. The van der Waals surface area contributed by atoms with Crippen molar-refractivity contribution in [3.05, 3.63) is 386 Å². The van der Waals surface area contributed by atoms with Gasteiger partial charge in [0.2, 0.25) is 0 Å². The minimum absolute atomic E-state index is 0.0488. The molecule has 0 saturated carbocycles. The number of hydrogen-bond donors (Lipinski definition) is 0. The zero-order chi connectivity index (χ0) is 84.0. The second-order valence-electron chi connectivity index (χ2n) is 33.9. The fourth-order valence-electron chi connectivity index (χ4n) is 18.1. The lowest BCUT2D eigenvalue weighted by Crippen LogP contribution is -2.10. The fraction of sp³-hybridized carbons (Fsp3) is 0.0727. The van der Waals surface area contributed by atoms with E-state index in [1.807, 2.05) is 152 Å². The van der Waals surface area contributed by atoms with Crippen molar-refractivity contribution in [3.8, 4) is 124 Å². The van der Waals surface area contributed by atoms with Gasteiger partial charge in [0.05, 0.1) is 55.5 Å². The highest BCUT2D eigenvalue weighted by Gasteiger charge is 2.30. The second kappa shape index (κ2) is 29.1. The van der Waals surface area contributed by atoms with Gasteiger partial charge in [-0.2, -0.15) is 0 Å². The van der Waals surface area contributed by atoms with E-state index in [1.54, 1.807) is 24.3 Å². The molecule has 22 rings (SSSR count). The molecule has 16 aromatic carbocycles. The van der Waals surface area contributed by atoms with E-state index in [4.69, 9.17) is 29.9 Å². The van der Waals surface area contributed by atoms with Crippen LogP contribution in [0.2, 0.25) is 0 Å². The zero-order valence-corrected chi connectivity index (χ0v) is 68.5. The van der Waals surface area contributed by atoms with Gasteiger partial charge in [0.15, 0.2) is 58.2 Å². The summed E-state index contributed by atoms with van der Waals surface area (Å²) in [5.74, 6) is -1.53. The van der Waals surface area contributed by atoms with Crippen molar-refractivity contribution in [2.45, 2.75) is 52.4 Å². The van der Waals surface area contributed by atoms with E-state index < -0.39 is 23.3 Å². The molecule has 0 aliphatic heterocycles. The maximum absolute atomic E-state index is 17.8. The predicted molar refractivity (Wildman–Crippen MR) is 497 cm³/mol. The first-order chi connectivity index (χ1) is 60.4. The van der Waals surface area contributed by atoms with Gasteiger partial charge in [-0.05, 0) is 153 Å². The van der Waals surface area contributed by atoms with Crippen LogP contribution in [0.25, 0.3) is 212 Å². The van der Waals surface area contributed by atoms with E-state index >= 15 is 17.6 Å². The number of aromatic nitrogens is 10. The van der Waals surface area contributed by atoms with Crippen LogP contribution < -0.4 is 0 Å². The molecule has 22 aromatic rings. The first-order valence-corrected chi connectivity index (χ1v) is 41.6. The van der Waals surface area contributed by atoms with Crippen LogP contribution in [0.5, 0.6) is 0 Å². The lowest BCUT2D eigenvalue weighted by atomic mass is 9.85. The van der Waals surface area contributed by atoms with Gasteiger partial charge < -0.3 is 18.3 Å². The smallest absolute Gasteiger partial charge is 0.166 e. The molecule has 10 nitrogen and oxygen atoms in total. The SMILES string of the molecule is CC(C)(C)c1ccc2c(c1)c1cc(C(C)(C)C)ccc1n2-c1cc(-c2cccc(F)c2F)c(-c2ccc3c4ccccc4n(-c4ccc5c6ccc(-n7c8ccccc8c8ccccc87)cc6n(-c6cc(-c7cccc(F)c7F)ccc6-c6nc(-c7ccccc7)nc(-c7ccccc7)n6)c5c4)c3c2)cc1-c1nc(-c2ccccc2)nc(-c2ccccc2)n1. The summed E-state index contributed by atoms with van der Waals surface area (Å²) in [7, 11) is 0. The molecule has 6 heterocycles. The molecule has 0 radical (unpaired) electrons. The lowest BCUT2D eigenvalue weighted by Gasteiger charge is -2.21. The average Bonchev–Trinajstić information content (AvgIpc) is 1.67. The van der Waals surface area contributed by atoms with Crippen molar-refractivity contribution >= 4 is 87.2 Å². The molecule has 0 amide bonds.